The number of aromatic nitrogens is 7. The van der Waals surface area contributed by atoms with E-state index in [-0.39, 0.29) is 6.54 Å². The Kier molecular flexibility index (Phi) is 7.69. The lowest BCUT2D eigenvalue weighted by molar-refractivity contribution is 0.237. The van der Waals surface area contributed by atoms with Gasteiger partial charge in [0.05, 0.1) is 34.9 Å². The average Bonchev–Trinajstić information content (AvgIpc) is 3.79. The highest BCUT2D eigenvalue weighted by Crippen LogP contribution is 2.32. The Hall–Kier alpha value is -4.79. The summed E-state index contributed by atoms with van der Waals surface area (Å²) in [5.74, 6) is 0.631. The topological polar surface area (TPSA) is 155 Å². The van der Waals surface area contributed by atoms with E-state index in [9.17, 15) is 12.8 Å². The van der Waals surface area contributed by atoms with E-state index in [1.54, 1.807) is 30.7 Å². The van der Waals surface area contributed by atoms with Gasteiger partial charge in [-0.05, 0) is 74.0 Å². The van der Waals surface area contributed by atoms with Crippen LogP contribution in [0.3, 0.4) is 0 Å². The molecule has 230 valence electrons. The summed E-state index contributed by atoms with van der Waals surface area (Å²) in [4.78, 5) is 24.2. The first-order valence-electron chi connectivity index (χ1n) is 14.5. The van der Waals surface area contributed by atoms with Crippen LogP contribution in [-0.4, -0.2) is 80.9 Å². The summed E-state index contributed by atoms with van der Waals surface area (Å²) in [5.41, 5.74) is 5.91. The Morgan fingerprint density at radius 3 is 2.67 bits per heavy atom. The molecular weight excluding hydrogens is 597 g/mol. The lowest BCUT2D eigenvalue weighted by atomic mass is 10.1. The van der Waals surface area contributed by atoms with E-state index in [2.05, 4.69) is 34.8 Å². The maximum Gasteiger partial charge on any atom is 0.209 e. The zero-order valence-corrected chi connectivity index (χ0v) is 25.2. The highest BCUT2D eigenvalue weighted by molar-refractivity contribution is 7.88. The molecule has 3 N–H and O–H groups in total. The summed E-state index contributed by atoms with van der Waals surface area (Å²) in [5, 5.41) is 7.52. The molecule has 0 unspecified atom stereocenters. The number of nitrogens with zero attached hydrogens (tertiary/aromatic N) is 6. The van der Waals surface area contributed by atoms with E-state index in [1.165, 1.54) is 25.0 Å². The van der Waals surface area contributed by atoms with Gasteiger partial charge in [0.1, 0.15) is 29.2 Å². The number of rotatable bonds is 10. The van der Waals surface area contributed by atoms with Gasteiger partial charge >= 0.3 is 0 Å². The van der Waals surface area contributed by atoms with Crippen molar-refractivity contribution in [3.63, 3.8) is 0 Å². The van der Waals surface area contributed by atoms with Gasteiger partial charge in [-0.15, -0.1) is 0 Å². The van der Waals surface area contributed by atoms with Crippen molar-refractivity contribution >= 4 is 32.1 Å². The number of nitrogens with one attached hydrogen (secondary N) is 3. The van der Waals surface area contributed by atoms with Crippen LogP contribution in [0.5, 0.6) is 5.75 Å². The molecule has 1 aromatic carbocycles. The van der Waals surface area contributed by atoms with Gasteiger partial charge < -0.3 is 9.72 Å². The summed E-state index contributed by atoms with van der Waals surface area (Å²) in [7, 11) is -3.45. The van der Waals surface area contributed by atoms with Crippen LogP contribution in [0.25, 0.3) is 56.1 Å². The molecule has 0 aliphatic carbocycles. The number of hydrogen-bond acceptors (Lipinski definition) is 9. The van der Waals surface area contributed by atoms with Crippen molar-refractivity contribution in [2.45, 2.75) is 19.4 Å². The van der Waals surface area contributed by atoms with Crippen LogP contribution < -0.4 is 9.46 Å². The molecule has 1 aliphatic heterocycles. The minimum Gasteiger partial charge on any atom is -0.491 e. The third kappa shape index (κ3) is 6.38. The molecule has 0 amide bonds. The monoisotopic (exact) mass is 627 g/mol. The molecule has 0 atom stereocenters. The minimum atomic E-state index is -3.45. The van der Waals surface area contributed by atoms with Gasteiger partial charge in [0.25, 0.3) is 0 Å². The van der Waals surface area contributed by atoms with Crippen LogP contribution in [0, 0.1) is 5.82 Å². The zero-order chi connectivity index (χ0) is 31.0. The van der Waals surface area contributed by atoms with Gasteiger partial charge in [-0.2, -0.15) is 5.10 Å². The molecule has 6 heterocycles. The predicted molar refractivity (Wildman–Crippen MR) is 168 cm³/mol. The number of sulfonamides is 1. The molecule has 0 saturated carbocycles. The quantitative estimate of drug-likeness (QED) is 0.202. The van der Waals surface area contributed by atoms with Crippen molar-refractivity contribution in [2.24, 2.45) is 0 Å². The highest BCUT2D eigenvalue weighted by Gasteiger charge is 2.19. The SMILES string of the molecule is CS(=O)(=O)NCc1cc(F)cc(-c2nccc3[nH]c(-c4n[nH]c5ccc(-c6cncc(OCCN7CCCC7)c6)nc45)nc23)c1. The standard InChI is InChI=1S/C31H30FN9O3S/c1-45(42,43)35-16-19-12-20(14-22(32)13-19)27-28-25(6-7-34-27)37-31(38-28)30-29-26(39-40-30)5-4-24(36-29)21-15-23(18-33-17-21)44-11-10-41-8-2-3-9-41/h4-7,12-15,17-18,35H,2-3,8-11,16H2,1H3,(H,37,38)(H,39,40). The predicted octanol–water partition coefficient (Wildman–Crippen LogP) is 4.29. The Morgan fingerprint density at radius 1 is 0.978 bits per heavy atom. The Labute approximate surface area is 258 Å². The molecule has 7 rings (SSSR count). The molecular formula is C31H30FN9O3S. The lowest BCUT2D eigenvalue weighted by Crippen LogP contribution is -2.25. The fourth-order valence-electron chi connectivity index (χ4n) is 5.52. The van der Waals surface area contributed by atoms with Crippen LogP contribution in [-0.2, 0) is 16.6 Å². The molecule has 0 radical (unpaired) electrons. The smallest absolute Gasteiger partial charge is 0.209 e. The van der Waals surface area contributed by atoms with E-state index < -0.39 is 15.8 Å². The number of pyridine rings is 3. The number of aromatic amines is 2. The van der Waals surface area contributed by atoms with E-state index >= 15 is 0 Å². The second-order valence-corrected chi connectivity index (χ2v) is 12.9. The van der Waals surface area contributed by atoms with Crippen molar-refractivity contribution < 1.29 is 17.5 Å². The normalized spacial score (nSPS) is 14.1. The van der Waals surface area contributed by atoms with Crippen LogP contribution in [0.15, 0.2) is 61.1 Å². The van der Waals surface area contributed by atoms with Crippen LogP contribution in [0.4, 0.5) is 4.39 Å². The fraction of sp³-hybridized carbons (Fsp3) is 0.258. The maximum atomic E-state index is 14.6. The van der Waals surface area contributed by atoms with Crippen molar-refractivity contribution in [1.29, 1.82) is 0 Å². The molecule has 0 spiro atoms. The van der Waals surface area contributed by atoms with Crippen molar-refractivity contribution in [3.8, 4) is 39.8 Å². The Morgan fingerprint density at radius 2 is 1.82 bits per heavy atom. The second-order valence-electron chi connectivity index (χ2n) is 11.1. The van der Waals surface area contributed by atoms with E-state index in [1.807, 2.05) is 18.2 Å². The van der Waals surface area contributed by atoms with Gasteiger partial charge in [-0.1, -0.05) is 0 Å². The lowest BCUT2D eigenvalue weighted by Gasteiger charge is -2.15. The fourth-order valence-corrected chi connectivity index (χ4v) is 5.95. The summed E-state index contributed by atoms with van der Waals surface area (Å²) in [6, 6.07) is 11.8. The average molecular weight is 628 g/mol. The molecule has 14 heteroatoms. The van der Waals surface area contributed by atoms with Crippen molar-refractivity contribution in [3.05, 3.63) is 72.4 Å². The highest BCUT2D eigenvalue weighted by atomic mass is 32.2. The molecule has 5 aromatic heterocycles. The number of imidazole rings is 1. The van der Waals surface area contributed by atoms with Crippen LogP contribution in [0.2, 0.25) is 0 Å². The van der Waals surface area contributed by atoms with Crippen molar-refractivity contribution in [2.75, 3.05) is 32.5 Å². The van der Waals surface area contributed by atoms with Crippen LogP contribution in [0.1, 0.15) is 18.4 Å². The summed E-state index contributed by atoms with van der Waals surface area (Å²) in [6.45, 7) is 3.68. The summed E-state index contributed by atoms with van der Waals surface area (Å²) >= 11 is 0. The first-order chi connectivity index (χ1) is 21.8. The van der Waals surface area contributed by atoms with E-state index in [0.717, 1.165) is 37.0 Å². The first-order valence-corrected chi connectivity index (χ1v) is 16.4. The van der Waals surface area contributed by atoms with Crippen LogP contribution >= 0.6 is 0 Å². The number of halogens is 1. The minimum absolute atomic E-state index is 0.0538. The van der Waals surface area contributed by atoms with Gasteiger partial charge in [-0.3, -0.25) is 20.0 Å². The van der Waals surface area contributed by atoms with E-state index in [4.69, 9.17) is 14.7 Å². The van der Waals surface area contributed by atoms with E-state index in [0.29, 0.717) is 62.9 Å². The number of fused-ring (bicyclic) bond motifs is 2. The molecule has 12 nitrogen and oxygen atoms in total. The number of hydrogen-bond donors (Lipinski definition) is 3. The number of ether oxygens (including phenoxy) is 1. The van der Waals surface area contributed by atoms with Crippen molar-refractivity contribution in [1.82, 2.24) is 44.7 Å². The zero-order valence-electron chi connectivity index (χ0n) is 24.4. The Bertz CT molecular complexity index is 2120. The summed E-state index contributed by atoms with van der Waals surface area (Å²) in [6.07, 6.45) is 8.60. The molecule has 0 bridgehead atoms. The Balaban J connectivity index is 1.19. The number of H-pyrrole nitrogens is 2. The molecule has 1 aliphatic rings. The number of likely N-dealkylation sites (tertiary alicyclic amines) is 1. The molecule has 45 heavy (non-hydrogen) atoms. The maximum absolute atomic E-state index is 14.6. The third-order valence-electron chi connectivity index (χ3n) is 7.69. The molecule has 1 saturated heterocycles. The number of benzene rings is 1. The largest absolute Gasteiger partial charge is 0.491 e. The molecule has 1 fully saturated rings. The third-order valence-corrected chi connectivity index (χ3v) is 8.36. The first kappa shape index (κ1) is 29.0. The van der Waals surface area contributed by atoms with Gasteiger partial charge in [0.2, 0.25) is 10.0 Å². The second kappa shape index (κ2) is 12.0. The van der Waals surface area contributed by atoms with Gasteiger partial charge in [-0.25, -0.2) is 27.5 Å². The summed E-state index contributed by atoms with van der Waals surface area (Å²) < 4.78 is 46.1. The molecule has 6 aromatic rings. The van der Waals surface area contributed by atoms with Gasteiger partial charge in [0, 0.05) is 36.6 Å². The van der Waals surface area contributed by atoms with Gasteiger partial charge in [0.15, 0.2) is 11.5 Å².